The van der Waals surface area contributed by atoms with Crippen LogP contribution in [0, 0.1) is 6.92 Å². The number of aryl methyl sites for hydroxylation is 1. The first-order valence-electron chi connectivity index (χ1n) is 8.57. The third-order valence-electron chi connectivity index (χ3n) is 4.72. The number of carbonyl (C=O) groups is 1. The van der Waals surface area contributed by atoms with Gasteiger partial charge in [-0.1, -0.05) is 36.4 Å². The first-order valence-corrected chi connectivity index (χ1v) is 8.98. The third-order valence-corrected chi connectivity index (χ3v) is 5.02. The average Bonchev–Trinajstić information content (AvgIpc) is 2.68. The maximum atomic E-state index is 12.7. The summed E-state index contributed by atoms with van der Waals surface area (Å²) in [5.74, 6) is 0.273. The largest absolute Gasteiger partial charge is 0.495 e. The van der Waals surface area contributed by atoms with E-state index < -0.39 is 5.97 Å². The number of esters is 1. The highest BCUT2D eigenvalue weighted by molar-refractivity contribution is 7.80. The normalized spacial score (nSPS) is 16.8. The number of thiocarbonyl (C=S) groups is 1. The molecule has 6 heteroatoms. The lowest BCUT2D eigenvalue weighted by Crippen LogP contribution is -2.48. The Balaban J connectivity index is 2.20. The number of anilines is 1. The summed E-state index contributed by atoms with van der Waals surface area (Å²) in [5.41, 5.74) is 4.05. The van der Waals surface area contributed by atoms with Crippen molar-refractivity contribution in [2.45, 2.75) is 19.9 Å². The van der Waals surface area contributed by atoms with Crippen LogP contribution in [0.5, 0.6) is 5.75 Å². The molecule has 1 aliphatic rings. The van der Waals surface area contributed by atoms with E-state index in [-0.39, 0.29) is 6.04 Å². The number of para-hydroxylation sites is 2. The van der Waals surface area contributed by atoms with Gasteiger partial charge in [-0.2, -0.15) is 0 Å². The number of benzene rings is 2. The Hall–Kier alpha value is -2.86. The van der Waals surface area contributed by atoms with Gasteiger partial charge >= 0.3 is 5.97 Å². The molecule has 0 saturated carbocycles. The van der Waals surface area contributed by atoms with Crippen LogP contribution in [-0.2, 0) is 9.53 Å². The van der Waals surface area contributed by atoms with Crippen molar-refractivity contribution in [3.63, 3.8) is 0 Å². The van der Waals surface area contributed by atoms with E-state index in [0.717, 1.165) is 16.8 Å². The van der Waals surface area contributed by atoms with E-state index in [1.54, 1.807) is 7.11 Å². The molecule has 0 radical (unpaired) electrons. The Morgan fingerprint density at radius 3 is 2.41 bits per heavy atom. The van der Waals surface area contributed by atoms with Gasteiger partial charge in [0.05, 0.1) is 31.5 Å². The zero-order valence-electron chi connectivity index (χ0n) is 15.8. The van der Waals surface area contributed by atoms with Crippen molar-refractivity contribution in [1.29, 1.82) is 0 Å². The first-order chi connectivity index (χ1) is 13.0. The summed E-state index contributed by atoms with van der Waals surface area (Å²) in [6, 6.07) is 15.1. The van der Waals surface area contributed by atoms with E-state index in [0.29, 0.717) is 22.1 Å². The SMILES string of the molecule is COC(=O)C1=C(C)N(c2ccccc2OC)C(=S)N[C@@H]1c1ccccc1C. The summed E-state index contributed by atoms with van der Waals surface area (Å²) in [5, 5.41) is 3.81. The monoisotopic (exact) mass is 382 g/mol. The van der Waals surface area contributed by atoms with Crippen molar-refractivity contribution in [3.05, 3.63) is 70.9 Å². The molecule has 5 nitrogen and oxygen atoms in total. The molecular weight excluding hydrogens is 360 g/mol. The van der Waals surface area contributed by atoms with Crippen LogP contribution in [0.4, 0.5) is 5.69 Å². The topological polar surface area (TPSA) is 50.8 Å². The Labute approximate surface area is 164 Å². The van der Waals surface area contributed by atoms with Crippen LogP contribution < -0.4 is 15.0 Å². The summed E-state index contributed by atoms with van der Waals surface area (Å²) < 4.78 is 10.6. The molecule has 0 saturated heterocycles. The van der Waals surface area contributed by atoms with Gasteiger partial charge in [-0.25, -0.2) is 4.79 Å². The summed E-state index contributed by atoms with van der Waals surface area (Å²) in [6.45, 7) is 3.88. The van der Waals surface area contributed by atoms with Crippen LogP contribution in [0.2, 0.25) is 0 Å². The molecule has 1 aliphatic heterocycles. The fraction of sp³-hybridized carbons (Fsp3) is 0.238. The lowest BCUT2D eigenvalue weighted by Gasteiger charge is -2.38. The van der Waals surface area contributed by atoms with Crippen LogP contribution in [0.15, 0.2) is 59.8 Å². The minimum Gasteiger partial charge on any atom is -0.495 e. The van der Waals surface area contributed by atoms with Crippen molar-refractivity contribution in [3.8, 4) is 5.75 Å². The van der Waals surface area contributed by atoms with Gasteiger partial charge in [0.25, 0.3) is 0 Å². The van der Waals surface area contributed by atoms with Crippen molar-refractivity contribution < 1.29 is 14.3 Å². The zero-order chi connectivity index (χ0) is 19.6. The van der Waals surface area contributed by atoms with Crippen LogP contribution in [0.25, 0.3) is 0 Å². The molecule has 2 aromatic carbocycles. The number of allylic oxidation sites excluding steroid dienone is 1. The summed E-state index contributed by atoms with van der Waals surface area (Å²) in [7, 11) is 2.99. The summed E-state index contributed by atoms with van der Waals surface area (Å²) in [4.78, 5) is 14.5. The Bertz CT molecular complexity index is 923. The molecule has 2 aromatic rings. The number of ether oxygens (including phenoxy) is 2. The van der Waals surface area contributed by atoms with Crippen LogP contribution in [0.3, 0.4) is 0 Å². The zero-order valence-corrected chi connectivity index (χ0v) is 16.6. The van der Waals surface area contributed by atoms with Gasteiger partial charge in [-0.05, 0) is 49.3 Å². The molecule has 1 N–H and O–H groups in total. The van der Waals surface area contributed by atoms with E-state index in [9.17, 15) is 4.79 Å². The predicted octanol–water partition coefficient (Wildman–Crippen LogP) is 3.89. The molecule has 0 spiro atoms. The average molecular weight is 382 g/mol. The number of rotatable bonds is 4. The van der Waals surface area contributed by atoms with Gasteiger partial charge in [0.15, 0.2) is 5.11 Å². The van der Waals surface area contributed by atoms with Crippen LogP contribution >= 0.6 is 12.2 Å². The van der Waals surface area contributed by atoms with Gasteiger partial charge < -0.3 is 14.8 Å². The molecule has 3 rings (SSSR count). The molecule has 0 unspecified atom stereocenters. The minimum absolute atomic E-state index is 0.378. The smallest absolute Gasteiger partial charge is 0.337 e. The molecule has 0 bridgehead atoms. The van der Waals surface area contributed by atoms with E-state index in [4.69, 9.17) is 21.7 Å². The number of methoxy groups -OCH3 is 2. The van der Waals surface area contributed by atoms with Crippen LogP contribution in [-0.4, -0.2) is 25.3 Å². The van der Waals surface area contributed by atoms with E-state index in [1.165, 1.54) is 7.11 Å². The molecule has 0 aliphatic carbocycles. The quantitative estimate of drug-likeness (QED) is 0.640. The number of carbonyl (C=O) groups excluding carboxylic acids is 1. The van der Waals surface area contributed by atoms with Crippen molar-refractivity contribution in [1.82, 2.24) is 5.32 Å². The molecule has 1 heterocycles. The minimum atomic E-state index is -0.393. The second-order valence-electron chi connectivity index (χ2n) is 6.24. The lowest BCUT2D eigenvalue weighted by atomic mass is 9.92. The van der Waals surface area contributed by atoms with E-state index in [2.05, 4.69) is 5.32 Å². The highest BCUT2D eigenvalue weighted by Crippen LogP contribution is 2.38. The van der Waals surface area contributed by atoms with Crippen molar-refractivity contribution in [2.24, 2.45) is 0 Å². The fourth-order valence-corrected chi connectivity index (χ4v) is 3.72. The first kappa shape index (κ1) is 18.9. The molecule has 1 atom stereocenters. The fourth-order valence-electron chi connectivity index (χ4n) is 3.37. The second kappa shape index (κ2) is 7.80. The Morgan fingerprint density at radius 2 is 1.74 bits per heavy atom. The lowest BCUT2D eigenvalue weighted by molar-refractivity contribution is -0.136. The third kappa shape index (κ3) is 3.40. The Morgan fingerprint density at radius 1 is 1.07 bits per heavy atom. The van der Waals surface area contributed by atoms with Gasteiger partial charge in [0.1, 0.15) is 5.75 Å². The van der Waals surface area contributed by atoms with Gasteiger partial charge in [0, 0.05) is 5.70 Å². The van der Waals surface area contributed by atoms with Gasteiger partial charge in [-0.15, -0.1) is 0 Å². The van der Waals surface area contributed by atoms with Gasteiger partial charge in [0.2, 0.25) is 0 Å². The van der Waals surface area contributed by atoms with Crippen molar-refractivity contribution >= 4 is 29.0 Å². The molecule has 27 heavy (non-hydrogen) atoms. The standard InChI is InChI=1S/C21H22N2O3S/c1-13-9-5-6-10-15(13)19-18(20(24)26-4)14(2)23(21(27)22-19)16-11-7-8-12-17(16)25-3/h5-12,19H,1-4H3,(H,22,27)/t19-/m1/s1. The predicted molar refractivity (Wildman–Crippen MR) is 110 cm³/mol. The summed E-state index contributed by atoms with van der Waals surface area (Å²) in [6.07, 6.45) is 0. The maximum Gasteiger partial charge on any atom is 0.337 e. The number of hydrogen-bond donors (Lipinski definition) is 1. The van der Waals surface area contributed by atoms with E-state index in [1.807, 2.05) is 67.3 Å². The molecule has 0 fully saturated rings. The van der Waals surface area contributed by atoms with E-state index >= 15 is 0 Å². The summed E-state index contributed by atoms with van der Waals surface area (Å²) >= 11 is 5.66. The Kier molecular flexibility index (Phi) is 5.46. The highest BCUT2D eigenvalue weighted by Gasteiger charge is 2.36. The van der Waals surface area contributed by atoms with Crippen LogP contribution in [0.1, 0.15) is 24.1 Å². The van der Waals surface area contributed by atoms with Gasteiger partial charge in [-0.3, -0.25) is 4.90 Å². The van der Waals surface area contributed by atoms with Crippen molar-refractivity contribution in [2.75, 3.05) is 19.1 Å². The number of nitrogens with zero attached hydrogens (tertiary/aromatic N) is 1. The highest BCUT2D eigenvalue weighted by atomic mass is 32.1. The molecule has 140 valence electrons. The number of nitrogens with one attached hydrogen (secondary N) is 1. The maximum absolute atomic E-state index is 12.7. The second-order valence-corrected chi connectivity index (χ2v) is 6.62. The molecular formula is C21H22N2O3S. The molecule has 0 aromatic heterocycles. The number of hydrogen-bond acceptors (Lipinski definition) is 4. The molecule has 0 amide bonds.